The lowest BCUT2D eigenvalue weighted by Crippen LogP contribution is -2.15. The lowest BCUT2D eigenvalue weighted by atomic mass is 9.82. The van der Waals surface area contributed by atoms with Crippen LogP contribution in [0, 0.1) is 0 Å². The van der Waals surface area contributed by atoms with Crippen molar-refractivity contribution >= 4 is 54.4 Å². The van der Waals surface area contributed by atoms with Gasteiger partial charge in [-0.15, -0.1) is 0 Å². The Kier molecular flexibility index (Phi) is 4.82. The molecule has 0 unspecified atom stereocenters. The Morgan fingerprint density at radius 1 is 0.378 bits per heavy atom. The fraction of sp³-hybridized carbons (Fsp3) is 0.0698. The maximum absolute atomic E-state index is 2.48. The Hall–Kier alpha value is -5.60. The van der Waals surface area contributed by atoms with E-state index in [9.17, 15) is 0 Å². The first-order chi connectivity index (χ1) is 22.1. The third-order valence-corrected chi connectivity index (χ3v) is 10.3. The van der Waals surface area contributed by atoms with Crippen LogP contribution in [0.1, 0.15) is 25.0 Å². The van der Waals surface area contributed by atoms with Crippen molar-refractivity contribution in [2.45, 2.75) is 19.3 Å². The molecule has 0 bridgehead atoms. The van der Waals surface area contributed by atoms with Gasteiger partial charge in [-0.3, -0.25) is 0 Å². The van der Waals surface area contributed by atoms with Gasteiger partial charge in [0, 0.05) is 38.3 Å². The lowest BCUT2D eigenvalue weighted by Gasteiger charge is -2.22. The molecule has 212 valence electrons. The molecule has 2 nitrogen and oxygen atoms in total. The second-order valence-corrected chi connectivity index (χ2v) is 13.0. The van der Waals surface area contributed by atoms with Crippen LogP contribution >= 0.6 is 0 Å². The molecule has 7 aromatic carbocycles. The molecule has 9 aromatic rings. The first-order valence-electron chi connectivity index (χ1n) is 15.8. The van der Waals surface area contributed by atoms with Crippen LogP contribution in [-0.2, 0) is 5.41 Å². The van der Waals surface area contributed by atoms with Crippen LogP contribution in [0.15, 0.2) is 146 Å². The molecule has 0 fully saturated rings. The molecular weight excluding hydrogens is 544 g/mol. The van der Waals surface area contributed by atoms with Crippen LogP contribution in [-0.4, -0.2) is 9.13 Å². The zero-order valence-electron chi connectivity index (χ0n) is 25.3. The number of aromatic nitrogens is 2. The summed E-state index contributed by atoms with van der Waals surface area (Å²) in [5.41, 5.74) is 12.7. The largest absolute Gasteiger partial charge is 0.309 e. The van der Waals surface area contributed by atoms with E-state index in [0.29, 0.717) is 0 Å². The number of hydrogen-bond donors (Lipinski definition) is 0. The van der Waals surface area contributed by atoms with Gasteiger partial charge in [0.2, 0.25) is 0 Å². The molecule has 0 saturated heterocycles. The Morgan fingerprint density at radius 2 is 0.978 bits per heavy atom. The van der Waals surface area contributed by atoms with Crippen molar-refractivity contribution < 1.29 is 0 Å². The highest BCUT2D eigenvalue weighted by Crippen LogP contribution is 2.49. The Balaban J connectivity index is 1.33. The van der Waals surface area contributed by atoms with Crippen LogP contribution in [0.5, 0.6) is 0 Å². The number of fused-ring (bicyclic) bond motifs is 10. The molecule has 0 aliphatic heterocycles. The van der Waals surface area contributed by atoms with E-state index in [0.717, 1.165) is 0 Å². The zero-order valence-corrected chi connectivity index (χ0v) is 25.3. The third kappa shape index (κ3) is 3.29. The zero-order chi connectivity index (χ0) is 29.9. The van der Waals surface area contributed by atoms with Gasteiger partial charge in [-0.25, -0.2) is 0 Å². The number of hydrogen-bond acceptors (Lipinski definition) is 0. The van der Waals surface area contributed by atoms with E-state index in [1.165, 1.54) is 88.0 Å². The van der Waals surface area contributed by atoms with Crippen molar-refractivity contribution in [1.29, 1.82) is 0 Å². The molecule has 2 aromatic heterocycles. The first-order valence-corrected chi connectivity index (χ1v) is 15.8. The molecule has 0 amide bonds. The fourth-order valence-corrected chi connectivity index (χ4v) is 8.13. The van der Waals surface area contributed by atoms with Crippen molar-refractivity contribution in [3.05, 3.63) is 157 Å². The maximum Gasteiger partial charge on any atom is 0.0562 e. The Bertz CT molecular complexity index is 2670. The lowest BCUT2D eigenvalue weighted by molar-refractivity contribution is 0.660. The minimum absolute atomic E-state index is 0.0598. The molecule has 1 aliphatic carbocycles. The van der Waals surface area contributed by atoms with Crippen molar-refractivity contribution in [2.75, 3.05) is 0 Å². The normalized spacial score (nSPS) is 13.7. The molecule has 45 heavy (non-hydrogen) atoms. The summed E-state index contributed by atoms with van der Waals surface area (Å²) in [7, 11) is 0. The minimum atomic E-state index is -0.0598. The summed E-state index contributed by atoms with van der Waals surface area (Å²) in [5.74, 6) is 0. The number of rotatable bonds is 2. The van der Waals surface area contributed by atoms with Crippen molar-refractivity contribution in [3.8, 4) is 22.5 Å². The van der Waals surface area contributed by atoms with Crippen molar-refractivity contribution in [3.63, 3.8) is 0 Å². The molecule has 0 saturated carbocycles. The second-order valence-electron chi connectivity index (χ2n) is 13.0. The highest BCUT2D eigenvalue weighted by Gasteiger charge is 2.35. The fourth-order valence-electron chi connectivity index (χ4n) is 8.13. The monoisotopic (exact) mass is 574 g/mol. The van der Waals surface area contributed by atoms with Gasteiger partial charge < -0.3 is 9.13 Å². The number of benzene rings is 7. The maximum atomic E-state index is 2.48. The topological polar surface area (TPSA) is 9.86 Å². The summed E-state index contributed by atoms with van der Waals surface area (Å²) >= 11 is 0. The Morgan fingerprint density at radius 3 is 1.82 bits per heavy atom. The van der Waals surface area contributed by atoms with Crippen LogP contribution in [0.25, 0.3) is 76.9 Å². The standard InChI is InChI=1S/C43H30N2/c1-43(2)37-18-10-8-16-31(37)32-21-20-30(24-38(32)43)45-39-19-11-9-17-33(39)35-25-36-34-22-27-12-6-7-13-28(27)23-40(34)44(42(36)26-41(35)45)29-14-4-3-5-15-29/h3-26H,1-2H3. The van der Waals surface area contributed by atoms with Gasteiger partial charge >= 0.3 is 0 Å². The average Bonchev–Trinajstić information content (AvgIpc) is 3.65. The quantitative estimate of drug-likeness (QED) is 0.194. The first kappa shape index (κ1) is 24.8. The molecule has 0 atom stereocenters. The summed E-state index contributed by atoms with van der Waals surface area (Å²) in [5, 5.41) is 7.64. The highest BCUT2D eigenvalue weighted by atomic mass is 15.0. The van der Waals surface area contributed by atoms with Crippen LogP contribution in [0.4, 0.5) is 0 Å². The summed E-state index contributed by atoms with van der Waals surface area (Å²) in [6.45, 7) is 4.72. The van der Waals surface area contributed by atoms with E-state index in [4.69, 9.17) is 0 Å². The smallest absolute Gasteiger partial charge is 0.0562 e. The molecule has 1 aliphatic rings. The van der Waals surface area contributed by atoms with Gasteiger partial charge in [0.25, 0.3) is 0 Å². The summed E-state index contributed by atoms with van der Waals surface area (Å²) < 4.78 is 4.92. The van der Waals surface area contributed by atoms with E-state index in [2.05, 4.69) is 169 Å². The molecule has 2 heteroatoms. The highest BCUT2D eigenvalue weighted by molar-refractivity contribution is 6.20. The van der Waals surface area contributed by atoms with Crippen LogP contribution < -0.4 is 0 Å². The van der Waals surface area contributed by atoms with Gasteiger partial charge in [-0.2, -0.15) is 0 Å². The molecule has 0 N–H and O–H groups in total. The summed E-state index contributed by atoms with van der Waals surface area (Å²) in [6, 6.07) is 53.9. The van der Waals surface area contributed by atoms with Gasteiger partial charge in [0.05, 0.1) is 22.1 Å². The van der Waals surface area contributed by atoms with E-state index in [1.807, 2.05) is 0 Å². The van der Waals surface area contributed by atoms with Crippen molar-refractivity contribution in [1.82, 2.24) is 9.13 Å². The SMILES string of the molecule is CC1(C)c2ccccc2-c2ccc(-n3c4ccccc4c4cc5c6cc7ccccc7cc6n(-c6ccccc6)c5cc43)cc21. The molecule has 10 rings (SSSR count). The van der Waals surface area contributed by atoms with Crippen molar-refractivity contribution in [2.24, 2.45) is 0 Å². The van der Waals surface area contributed by atoms with E-state index >= 15 is 0 Å². The predicted molar refractivity (Wildman–Crippen MR) is 190 cm³/mol. The average molecular weight is 575 g/mol. The summed E-state index contributed by atoms with van der Waals surface area (Å²) in [4.78, 5) is 0. The van der Waals surface area contributed by atoms with Gasteiger partial charge in [-0.05, 0) is 87.6 Å². The van der Waals surface area contributed by atoms with Crippen LogP contribution in [0.2, 0.25) is 0 Å². The molecule has 0 radical (unpaired) electrons. The molecule has 2 heterocycles. The van der Waals surface area contributed by atoms with E-state index in [1.54, 1.807) is 0 Å². The molecular formula is C43H30N2. The van der Waals surface area contributed by atoms with Crippen LogP contribution in [0.3, 0.4) is 0 Å². The predicted octanol–water partition coefficient (Wildman–Crippen LogP) is 11.3. The minimum Gasteiger partial charge on any atom is -0.309 e. The van der Waals surface area contributed by atoms with Gasteiger partial charge in [0.1, 0.15) is 0 Å². The van der Waals surface area contributed by atoms with E-state index in [-0.39, 0.29) is 5.41 Å². The molecule has 0 spiro atoms. The summed E-state index contributed by atoms with van der Waals surface area (Å²) in [6.07, 6.45) is 0. The van der Waals surface area contributed by atoms with Gasteiger partial charge in [0.15, 0.2) is 0 Å². The van der Waals surface area contributed by atoms with Gasteiger partial charge in [-0.1, -0.05) is 105 Å². The Labute approximate surface area is 261 Å². The third-order valence-electron chi connectivity index (χ3n) is 10.3. The number of para-hydroxylation sites is 2. The second kappa shape index (κ2) is 8.74. The number of nitrogens with zero attached hydrogens (tertiary/aromatic N) is 2. The van der Waals surface area contributed by atoms with E-state index < -0.39 is 0 Å².